The standard InChI is InChI=1S/C18H18N4O/c1-12-7-6-8-13(2)16(12)21-18(23)15-11-20-22(17(15)19)14-9-4-3-5-10-14/h3-11H,19H2,1-2H3,(H,21,23). The van der Waals surface area contributed by atoms with Gasteiger partial charge in [0.05, 0.1) is 11.9 Å². The summed E-state index contributed by atoms with van der Waals surface area (Å²) in [6.45, 7) is 3.92. The highest BCUT2D eigenvalue weighted by Crippen LogP contribution is 2.22. The minimum atomic E-state index is -0.262. The van der Waals surface area contributed by atoms with Crippen molar-refractivity contribution in [2.45, 2.75) is 13.8 Å². The van der Waals surface area contributed by atoms with E-state index in [1.807, 2.05) is 62.4 Å². The Hall–Kier alpha value is -3.08. The number of nitrogens with one attached hydrogen (secondary N) is 1. The number of anilines is 2. The molecule has 2 aromatic carbocycles. The van der Waals surface area contributed by atoms with Crippen molar-refractivity contribution in [1.29, 1.82) is 0 Å². The minimum Gasteiger partial charge on any atom is -0.383 e. The van der Waals surface area contributed by atoms with Crippen LogP contribution < -0.4 is 11.1 Å². The highest BCUT2D eigenvalue weighted by molar-refractivity contribution is 6.07. The van der Waals surface area contributed by atoms with Crippen molar-refractivity contribution in [3.63, 3.8) is 0 Å². The number of carbonyl (C=O) groups is 1. The van der Waals surface area contributed by atoms with Gasteiger partial charge in [0.25, 0.3) is 5.91 Å². The summed E-state index contributed by atoms with van der Waals surface area (Å²) in [4.78, 5) is 12.5. The summed E-state index contributed by atoms with van der Waals surface area (Å²) in [5.74, 6) is 0.0574. The first-order chi connectivity index (χ1) is 11.1. The molecule has 0 saturated carbocycles. The monoisotopic (exact) mass is 306 g/mol. The SMILES string of the molecule is Cc1cccc(C)c1NC(=O)c1cnn(-c2ccccc2)c1N. The van der Waals surface area contributed by atoms with Gasteiger partial charge in [-0.3, -0.25) is 4.79 Å². The van der Waals surface area contributed by atoms with E-state index in [-0.39, 0.29) is 5.91 Å². The Morgan fingerprint density at radius 2 is 1.70 bits per heavy atom. The predicted molar refractivity (Wildman–Crippen MR) is 91.8 cm³/mol. The molecule has 0 aliphatic rings. The Morgan fingerprint density at radius 1 is 1.04 bits per heavy atom. The lowest BCUT2D eigenvalue weighted by atomic mass is 10.1. The summed E-state index contributed by atoms with van der Waals surface area (Å²) < 4.78 is 1.56. The average molecular weight is 306 g/mol. The number of para-hydroxylation sites is 2. The van der Waals surface area contributed by atoms with Gasteiger partial charge in [-0.05, 0) is 37.1 Å². The summed E-state index contributed by atoms with van der Waals surface area (Å²) in [7, 11) is 0. The lowest BCUT2D eigenvalue weighted by Gasteiger charge is -2.11. The van der Waals surface area contributed by atoms with Gasteiger partial charge in [-0.15, -0.1) is 0 Å². The normalized spacial score (nSPS) is 10.5. The van der Waals surface area contributed by atoms with E-state index in [0.29, 0.717) is 11.4 Å². The summed E-state index contributed by atoms with van der Waals surface area (Å²) in [6.07, 6.45) is 1.49. The Morgan fingerprint density at radius 3 is 2.35 bits per heavy atom. The number of carbonyl (C=O) groups excluding carboxylic acids is 1. The van der Waals surface area contributed by atoms with Crippen molar-refractivity contribution in [2.75, 3.05) is 11.1 Å². The summed E-state index contributed by atoms with van der Waals surface area (Å²) in [5.41, 5.74) is 10.1. The largest absolute Gasteiger partial charge is 0.383 e. The van der Waals surface area contributed by atoms with Crippen molar-refractivity contribution in [3.05, 3.63) is 71.4 Å². The minimum absolute atomic E-state index is 0.262. The van der Waals surface area contributed by atoms with Crippen molar-refractivity contribution in [2.24, 2.45) is 0 Å². The van der Waals surface area contributed by atoms with E-state index < -0.39 is 0 Å². The van der Waals surface area contributed by atoms with Gasteiger partial charge >= 0.3 is 0 Å². The Balaban J connectivity index is 1.91. The third-order valence-electron chi connectivity index (χ3n) is 3.77. The molecule has 0 spiro atoms. The van der Waals surface area contributed by atoms with E-state index in [1.54, 1.807) is 4.68 Å². The fraction of sp³-hybridized carbons (Fsp3) is 0.111. The lowest BCUT2D eigenvalue weighted by molar-refractivity contribution is 0.102. The maximum Gasteiger partial charge on any atom is 0.261 e. The highest BCUT2D eigenvalue weighted by Gasteiger charge is 2.17. The molecule has 1 amide bonds. The van der Waals surface area contributed by atoms with Crippen LogP contribution >= 0.6 is 0 Å². The van der Waals surface area contributed by atoms with Crippen LogP contribution in [0.3, 0.4) is 0 Å². The molecule has 0 fully saturated rings. The third-order valence-corrected chi connectivity index (χ3v) is 3.77. The molecule has 0 radical (unpaired) electrons. The predicted octanol–water partition coefficient (Wildman–Crippen LogP) is 3.32. The summed E-state index contributed by atoms with van der Waals surface area (Å²) in [5, 5.41) is 7.15. The number of hydrogen-bond donors (Lipinski definition) is 2. The molecule has 0 unspecified atom stereocenters. The van der Waals surface area contributed by atoms with Crippen molar-refractivity contribution < 1.29 is 4.79 Å². The Kier molecular flexibility index (Phi) is 3.85. The molecule has 0 aliphatic heterocycles. The molecule has 0 saturated heterocycles. The quantitative estimate of drug-likeness (QED) is 0.779. The molecule has 1 aromatic heterocycles. The molecule has 0 bridgehead atoms. The topological polar surface area (TPSA) is 72.9 Å². The Bertz CT molecular complexity index is 832. The molecule has 0 aliphatic carbocycles. The zero-order chi connectivity index (χ0) is 16.4. The van der Waals surface area contributed by atoms with Gasteiger partial charge in [-0.1, -0.05) is 36.4 Å². The van der Waals surface area contributed by atoms with Gasteiger partial charge in [0.15, 0.2) is 0 Å². The van der Waals surface area contributed by atoms with Crippen molar-refractivity contribution >= 4 is 17.4 Å². The molecule has 3 aromatic rings. The lowest BCUT2D eigenvalue weighted by Crippen LogP contribution is -2.15. The van der Waals surface area contributed by atoms with Gasteiger partial charge in [0.1, 0.15) is 11.4 Å². The Labute approximate surface area is 134 Å². The zero-order valence-electron chi connectivity index (χ0n) is 13.1. The molecule has 23 heavy (non-hydrogen) atoms. The first-order valence-electron chi connectivity index (χ1n) is 7.34. The van der Waals surface area contributed by atoms with Crippen LogP contribution in [0.4, 0.5) is 11.5 Å². The third kappa shape index (κ3) is 2.81. The number of benzene rings is 2. The molecular weight excluding hydrogens is 288 g/mol. The summed E-state index contributed by atoms with van der Waals surface area (Å²) in [6, 6.07) is 15.4. The van der Waals surface area contributed by atoms with Gasteiger partial charge in [0, 0.05) is 5.69 Å². The number of aromatic nitrogens is 2. The van der Waals surface area contributed by atoms with E-state index in [1.165, 1.54) is 6.20 Å². The summed E-state index contributed by atoms with van der Waals surface area (Å²) >= 11 is 0. The second kappa shape index (κ2) is 5.96. The smallest absolute Gasteiger partial charge is 0.261 e. The number of nitrogens with two attached hydrogens (primary N) is 1. The number of rotatable bonds is 3. The van der Waals surface area contributed by atoms with Crippen LogP contribution in [0.5, 0.6) is 0 Å². The second-order valence-electron chi connectivity index (χ2n) is 5.41. The number of nitrogen functional groups attached to an aromatic ring is 1. The van der Waals surface area contributed by atoms with Crippen molar-refractivity contribution in [1.82, 2.24) is 9.78 Å². The van der Waals surface area contributed by atoms with E-state index in [9.17, 15) is 4.79 Å². The maximum atomic E-state index is 12.5. The van der Waals surface area contributed by atoms with E-state index in [0.717, 1.165) is 22.5 Å². The van der Waals surface area contributed by atoms with Crippen LogP contribution in [0.15, 0.2) is 54.7 Å². The van der Waals surface area contributed by atoms with Crippen LogP contribution in [0.1, 0.15) is 21.5 Å². The zero-order valence-corrected chi connectivity index (χ0v) is 13.1. The molecule has 116 valence electrons. The number of nitrogens with zero attached hydrogens (tertiary/aromatic N) is 2. The van der Waals surface area contributed by atoms with Crippen LogP contribution in [0.2, 0.25) is 0 Å². The van der Waals surface area contributed by atoms with E-state index in [4.69, 9.17) is 5.73 Å². The fourth-order valence-electron chi connectivity index (χ4n) is 2.50. The highest BCUT2D eigenvalue weighted by atomic mass is 16.1. The molecule has 5 heteroatoms. The average Bonchev–Trinajstić information content (AvgIpc) is 2.93. The van der Waals surface area contributed by atoms with E-state index >= 15 is 0 Å². The first kappa shape index (κ1) is 14.8. The fourth-order valence-corrected chi connectivity index (χ4v) is 2.50. The van der Waals surface area contributed by atoms with E-state index in [2.05, 4.69) is 10.4 Å². The molecule has 3 N–H and O–H groups in total. The van der Waals surface area contributed by atoms with Gasteiger partial charge in [-0.25, -0.2) is 4.68 Å². The van der Waals surface area contributed by atoms with Crippen LogP contribution in [-0.2, 0) is 0 Å². The number of amides is 1. The molecule has 1 heterocycles. The first-order valence-corrected chi connectivity index (χ1v) is 7.34. The van der Waals surface area contributed by atoms with Gasteiger partial charge < -0.3 is 11.1 Å². The van der Waals surface area contributed by atoms with Crippen LogP contribution in [-0.4, -0.2) is 15.7 Å². The van der Waals surface area contributed by atoms with Crippen molar-refractivity contribution in [3.8, 4) is 5.69 Å². The molecule has 3 rings (SSSR count). The molecular formula is C18H18N4O. The van der Waals surface area contributed by atoms with Crippen LogP contribution in [0, 0.1) is 13.8 Å². The molecule has 5 nitrogen and oxygen atoms in total. The second-order valence-corrected chi connectivity index (χ2v) is 5.41. The van der Waals surface area contributed by atoms with Gasteiger partial charge in [0.2, 0.25) is 0 Å². The van der Waals surface area contributed by atoms with Crippen LogP contribution in [0.25, 0.3) is 5.69 Å². The van der Waals surface area contributed by atoms with Gasteiger partial charge in [-0.2, -0.15) is 5.10 Å². The number of aryl methyl sites for hydroxylation is 2. The number of hydrogen-bond acceptors (Lipinski definition) is 3. The maximum absolute atomic E-state index is 12.5. The molecule has 0 atom stereocenters.